The number of nitrogens with one attached hydrogen (secondary N) is 1. The maximum absolute atomic E-state index is 12.0. The number of hydrogen-bond donors (Lipinski definition) is 2. The predicted molar refractivity (Wildman–Crippen MR) is 72.5 cm³/mol. The van der Waals surface area contributed by atoms with Crippen molar-refractivity contribution in [2.75, 3.05) is 5.73 Å². The summed E-state index contributed by atoms with van der Waals surface area (Å²) in [5.41, 5.74) is 6.23. The Morgan fingerprint density at radius 3 is 2.62 bits per heavy atom. The number of nitrogen functional groups attached to an aromatic ring is 1. The van der Waals surface area contributed by atoms with Crippen LogP contribution in [0.3, 0.4) is 0 Å². The first-order valence-electron chi connectivity index (χ1n) is 5.67. The van der Waals surface area contributed by atoms with Gasteiger partial charge in [0.25, 0.3) is 0 Å². The lowest BCUT2D eigenvalue weighted by Gasteiger charge is -2.05. The molecule has 0 aliphatic rings. The third-order valence-electron chi connectivity index (χ3n) is 2.74. The fraction of sp³-hybridized carbons (Fsp3) is 0.200. The Kier molecular flexibility index (Phi) is 3.86. The summed E-state index contributed by atoms with van der Waals surface area (Å²) < 4.78 is 27.8. The highest BCUT2D eigenvalue weighted by Crippen LogP contribution is 2.14. The molecule has 0 aliphatic heterocycles. The highest BCUT2D eigenvalue weighted by Gasteiger charge is 2.18. The van der Waals surface area contributed by atoms with Crippen molar-refractivity contribution in [1.82, 2.24) is 19.5 Å². The average molecular weight is 312 g/mol. The lowest BCUT2D eigenvalue weighted by molar-refractivity contribution is -0.389. The third kappa shape index (κ3) is 3.14. The monoisotopic (exact) mass is 312 g/mol. The van der Waals surface area contributed by atoms with Crippen LogP contribution in [0.1, 0.15) is 5.56 Å². The first-order chi connectivity index (χ1) is 9.81. The van der Waals surface area contributed by atoms with Gasteiger partial charge in [-0.2, -0.15) is 5.10 Å². The SMILES string of the molecule is Cn1ncc(CNS(=O)(=O)c2ccc([N+](=O)[O-])nc2)c1N. The van der Waals surface area contributed by atoms with Gasteiger partial charge in [0.05, 0.1) is 6.20 Å². The molecule has 0 fully saturated rings. The molecule has 0 saturated heterocycles. The van der Waals surface area contributed by atoms with E-state index in [1.54, 1.807) is 7.05 Å². The van der Waals surface area contributed by atoms with Crippen molar-refractivity contribution in [1.29, 1.82) is 0 Å². The van der Waals surface area contributed by atoms with Gasteiger partial charge in [0.15, 0.2) is 6.20 Å². The molecule has 0 spiro atoms. The van der Waals surface area contributed by atoms with Crippen LogP contribution in [0.4, 0.5) is 11.6 Å². The number of nitrogens with zero attached hydrogens (tertiary/aromatic N) is 4. The number of nitro groups is 1. The van der Waals surface area contributed by atoms with Crippen LogP contribution in [0.15, 0.2) is 29.4 Å². The summed E-state index contributed by atoms with van der Waals surface area (Å²) in [7, 11) is -2.20. The smallest absolute Gasteiger partial charge is 0.363 e. The van der Waals surface area contributed by atoms with E-state index in [9.17, 15) is 18.5 Å². The highest BCUT2D eigenvalue weighted by atomic mass is 32.2. The molecule has 3 N–H and O–H groups in total. The van der Waals surface area contributed by atoms with Crippen molar-refractivity contribution in [3.63, 3.8) is 0 Å². The molecule has 11 heteroatoms. The number of aryl methyl sites for hydroxylation is 1. The molecule has 0 aromatic carbocycles. The zero-order chi connectivity index (χ0) is 15.6. The second-order valence-electron chi connectivity index (χ2n) is 4.11. The molecule has 2 aromatic rings. The van der Waals surface area contributed by atoms with Crippen LogP contribution in [0.25, 0.3) is 0 Å². The Morgan fingerprint density at radius 2 is 2.14 bits per heavy atom. The lowest BCUT2D eigenvalue weighted by Crippen LogP contribution is -2.23. The number of rotatable bonds is 5. The van der Waals surface area contributed by atoms with Crippen LogP contribution in [-0.2, 0) is 23.6 Å². The molecule has 2 aromatic heterocycles. The number of anilines is 1. The maximum Gasteiger partial charge on any atom is 0.363 e. The largest absolute Gasteiger partial charge is 0.384 e. The summed E-state index contributed by atoms with van der Waals surface area (Å²) >= 11 is 0. The van der Waals surface area contributed by atoms with E-state index < -0.39 is 20.8 Å². The number of sulfonamides is 1. The molecule has 0 atom stereocenters. The van der Waals surface area contributed by atoms with Gasteiger partial charge in [-0.05, 0) is 16.0 Å². The molecule has 2 heterocycles. The number of aromatic nitrogens is 3. The Bertz CT molecular complexity index is 767. The predicted octanol–water partition coefficient (Wildman–Crippen LogP) is -0.216. The summed E-state index contributed by atoms with van der Waals surface area (Å²) in [4.78, 5) is 13.1. The Balaban J connectivity index is 2.15. The molecule has 21 heavy (non-hydrogen) atoms. The number of hydrogen-bond acceptors (Lipinski definition) is 7. The highest BCUT2D eigenvalue weighted by molar-refractivity contribution is 7.89. The molecular formula is C10H12N6O4S. The molecular weight excluding hydrogens is 300 g/mol. The van der Waals surface area contributed by atoms with E-state index in [2.05, 4.69) is 14.8 Å². The van der Waals surface area contributed by atoms with E-state index >= 15 is 0 Å². The summed E-state index contributed by atoms with van der Waals surface area (Å²) in [6.07, 6.45) is 2.37. The van der Waals surface area contributed by atoms with Gasteiger partial charge >= 0.3 is 5.82 Å². The van der Waals surface area contributed by atoms with E-state index in [0.29, 0.717) is 11.4 Å². The van der Waals surface area contributed by atoms with Crippen molar-refractivity contribution in [3.05, 3.63) is 40.2 Å². The fourth-order valence-corrected chi connectivity index (χ4v) is 2.48. The van der Waals surface area contributed by atoms with Crippen LogP contribution in [0.5, 0.6) is 0 Å². The van der Waals surface area contributed by atoms with Crippen molar-refractivity contribution in [2.24, 2.45) is 7.05 Å². The van der Waals surface area contributed by atoms with Crippen molar-refractivity contribution in [3.8, 4) is 0 Å². The number of pyridine rings is 1. The van der Waals surface area contributed by atoms with Crippen LogP contribution in [0.2, 0.25) is 0 Å². The standard InChI is InChI=1S/C10H12N6O4S/c1-15-10(11)7(4-13-15)5-14-21(19,20)8-2-3-9(12-6-8)16(17)18/h2-4,6,14H,5,11H2,1H3. The zero-order valence-corrected chi connectivity index (χ0v) is 11.7. The normalized spacial score (nSPS) is 11.5. The van der Waals surface area contributed by atoms with E-state index in [1.807, 2.05) is 0 Å². The number of nitrogens with two attached hydrogens (primary N) is 1. The van der Waals surface area contributed by atoms with E-state index in [-0.39, 0.29) is 11.4 Å². The van der Waals surface area contributed by atoms with E-state index in [4.69, 9.17) is 5.73 Å². The zero-order valence-electron chi connectivity index (χ0n) is 10.9. The summed E-state index contributed by atoms with van der Waals surface area (Å²) in [6, 6.07) is 2.13. The van der Waals surface area contributed by atoms with Crippen molar-refractivity contribution < 1.29 is 13.3 Å². The van der Waals surface area contributed by atoms with Crippen molar-refractivity contribution >= 4 is 21.7 Å². The Labute approximate surface area is 119 Å². The molecule has 0 unspecified atom stereocenters. The van der Waals surface area contributed by atoms with Crippen LogP contribution < -0.4 is 10.5 Å². The van der Waals surface area contributed by atoms with Gasteiger partial charge in [0, 0.05) is 25.2 Å². The molecule has 10 nitrogen and oxygen atoms in total. The van der Waals surface area contributed by atoms with Gasteiger partial charge < -0.3 is 15.8 Å². The molecule has 0 saturated carbocycles. The summed E-state index contributed by atoms with van der Waals surface area (Å²) in [5.74, 6) is -0.0787. The second-order valence-corrected chi connectivity index (χ2v) is 5.88. The van der Waals surface area contributed by atoms with E-state index in [1.165, 1.54) is 10.9 Å². The topological polar surface area (TPSA) is 146 Å². The molecule has 0 amide bonds. The molecule has 0 radical (unpaired) electrons. The second kappa shape index (κ2) is 5.46. The molecule has 2 rings (SSSR count). The fourth-order valence-electron chi connectivity index (χ4n) is 1.52. The molecule has 0 bridgehead atoms. The van der Waals surface area contributed by atoms with E-state index in [0.717, 1.165) is 18.3 Å². The van der Waals surface area contributed by atoms with Gasteiger partial charge in [-0.1, -0.05) is 0 Å². The minimum Gasteiger partial charge on any atom is -0.384 e. The average Bonchev–Trinajstić information content (AvgIpc) is 2.77. The Morgan fingerprint density at radius 1 is 1.43 bits per heavy atom. The molecule has 112 valence electrons. The van der Waals surface area contributed by atoms with Crippen LogP contribution in [-0.4, -0.2) is 28.1 Å². The minimum atomic E-state index is -3.84. The summed E-state index contributed by atoms with van der Waals surface area (Å²) in [5, 5.41) is 14.4. The third-order valence-corrected chi connectivity index (χ3v) is 4.12. The van der Waals surface area contributed by atoms with Gasteiger partial charge in [-0.15, -0.1) is 0 Å². The van der Waals surface area contributed by atoms with Gasteiger partial charge in [0.1, 0.15) is 10.7 Å². The quantitative estimate of drug-likeness (QED) is 0.573. The first kappa shape index (κ1) is 14.9. The minimum absolute atomic E-state index is 0.0427. The lowest BCUT2D eigenvalue weighted by atomic mass is 10.3. The Hall–Kier alpha value is -2.53. The van der Waals surface area contributed by atoms with Crippen LogP contribution >= 0.6 is 0 Å². The van der Waals surface area contributed by atoms with Crippen LogP contribution in [0, 0.1) is 10.1 Å². The van der Waals surface area contributed by atoms with Gasteiger partial charge in [-0.3, -0.25) is 4.68 Å². The molecule has 0 aliphatic carbocycles. The van der Waals surface area contributed by atoms with Gasteiger partial charge in [0.2, 0.25) is 10.0 Å². The van der Waals surface area contributed by atoms with Gasteiger partial charge in [-0.25, -0.2) is 13.1 Å². The summed E-state index contributed by atoms with van der Waals surface area (Å²) in [6.45, 7) is -0.0427. The maximum atomic E-state index is 12.0. The first-order valence-corrected chi connectivity index (χ1v) is 7.16. The van der Waals surface area contributed by atoms with Crippen molar-refractivity contribution in [2.45, 2.75) is 11.4 Å².